The third-order valence-corrected chi connectivity index (χ3v) is 3.89. The molecule has 0 aromatic carbocycles. The highest BCUT2D eigenvalue weighted by molar-refractivity contribution is 14.0. The van der Waals surface area contributed by atoms with E-state index in [1.807, 2.05) is 0 Å². The number of rotatable bonds is 8. The minimum Gasteiger partial charge on any atom is -0.380 e. The monoisotopic (exact) mass is 440 g/mol. The van der Waals surface area contributed by atoms with Crippen LogP contribution in [0.4, 0.5) is 0 Å². The number of nitrogens with one attached hydrogen (secondary N) is 1. The molecule has 7 heteroatoms. The molecule has 1 fully saturated rings. The van der Waals surface area contributed by atoms with Crippen LogP contribution >= 0.6 is 24.0 Å². The summed E-state index contributed by atoms with van der Waals surface area (Å²) in [6.45, 7) is 8.46. The molecule has 23 heavy (non-hydrogen) atoms. The van der Waals surface area contributed by atoms with Crippen LogP contribution in [0.5, 0.6) is 0 Å². The van der Waals surface area contributed by atoms with Crippen molar-refractivity contribution < 1.29 is 9.53 Å². The van der Waals surface area contributed by atoms with Gasteiger partial charge in [0.05, 0.1) is 6.61 Å². The summed E-state index contributed by atoms with van der Waals surface area (Å²) in [6, 6.07) is 0. The lowest BCUT2D eigenvalue weighted by Gasteiger charge is -2.34. The van der Waals surface area contributed by atoms with E-state index < -0.39 is 0 Å². The second-order valence-corrected chi connectivity index (χ2v) is 6.39. The third kappa shape index (κ3) is 10.0. The highest BCUT2D eigenvalue weighted by atomic mass is 127. The molecule has 1 heterocycles. The maximum Gasteiger partial charge on any atom is 0.217 e. The van der Waals surface area contributed by atoms with E-state index in [0.29, 0.717) is 24.9 Å². The number of carbonyl (C=O) groups excluding carboxylic acids is 1. The van der Waals surface area contributed by atoms with E-state index in [0.717, 1.165) is 51.5 Å². The molecule has 1 saturated heterocycles. The molecule has 0 bridgehead atoms. The van der Waals surface area contributed by atoms with Gasteiger partial charge in [0, 0.05) is 39.7 Å². The van der Waals surface area contributed by atoms with Gasteiger partial charge in [-0.25, -0.2) is 0 Å². The number of piperidine rings is 1. The average Bonchev–Trinajstić information content (AvgIpc) is 2.46. The molecule has 0 aliphatic carbocycles. The lowest BCUT2D eigenvalue weighted by atomic mass is 9.95. The normalized spacial score (nSPS) is 18.7. The smallest absolute Gasteiger partial charge is 0.217 e. The van der Waals surface area contributed by atoms with Gasteiger partial charge in [0.2, 0.25) is 5.91 Å². The van der Waals surface area contributed by atoms with Crippen LogP contribution in [0.1, 0.15) is 39.5 Å². The van der Waals surface area contributed by atoms with E-state index in [9.17, 15) is 4.79 Å². The molecule has 0 spiro atoms. The van der Waals surface area contributed by atoms with E-state index in [2.05, 4.69) is 29.1 Å². The molecule has 1 unspecified atom stereocenters. The number of likely N-dealkylation sites (tertiary alicyclic amines) is 1. The van der Waals surface area contributed by atoms with Gasteiger partial charge in [0.15, 0.2) is 5.96 Å². The molecule has 1 rings (SSSR count). The van der Waals surface area contributed by atoms with Gasteiger partial charge < -0.3 is 20.7 Å². The van der Waals surface area contributed by atoms with Crippen LogP contribution in [-0.2, 0) is 9.53 Å². The Morgan fingerprint density at radius 3 is 2.78 bits per heavy atom. The van der Waals surface area contributed by atoms with Crippen LogP contribution in [-0.4, -0.2) is 56.7 Å². The van der Waals surface area contributed by atoms with E-state index in [1.54, 1.807) is 7.05 Å². The number of amides is 1. The summed E-state index contributed by atoms with van der Waals surface area (Å²) in [5.41, 5.74) is 5.31. The van der Waals surface area contributed by atoms with Gasteiger partial charge >= 0.3 is 0 Å². The third-order valence-electron chi connectivity index (χ3n) is 3.89. The van der Waals surface area contributed by atoms with Gasteiger partial charge in [-0.3, -0.25) is 9.79 Å². The van der Waals surface area contributed by atoms with E-state index in [1.165, 1.54) is 0 Å². The molecule has 0 aromatic rings. The molecule has 136 valence electrons. The van der Waals surface area contributed by atoms with E-state index >= 15 is 0 Å². The minimum atomic E-state index is -0.214. The SMILES string of the molecule is CN=C(NCCOCCC(C)C)N1CCCC(CC(N)=O)C1.I. The quantitative estimate of drug-likeness (QED) is 0.261. The number of nitrogens with two attached hydrogens (primary N) is 1. The van der Waals surface area contributed by atoms with Crippen molar-refractivity contribution in [2.24, 2.45) is 22.6 Å². The number of aliphatic imine (C=N–C) groups is 1. The van der Waals surface area contributed by atoms with Crippen molar-refractivity contribution in [2.75, 3.05) is 39.9 Å². The number of hydrogen-bond donors (Lipinski definition) is 2. The summed E-state index contributed by atoms with van der Waals surface area (Å²) in [4.78, 5) is 17.6. The summed E-state index contributed by atoms with van der Waals surface area (Å²) >= 11 is 0. The molecule has 6 nitrogen and oxygen atoms in total. The zero-order valence-electron chi connectivity index (χ0n) is 14.7. The summed E-state index contributed by atoms with van der Waals surface area (Å²) in [5.74, 6) is 1.69. The molecule has 0 radical (unpaired) electrons. The van der Waals surface area contributed by atoms with Crippen molar-refractivity contribution in [3.63, 3.8) is 0 Å². The zero-order chi connectivity index (χ0) is 16.4. The number of carbonyl (C=O) groups is 1. The zero-order valence-corrected chi connectivity index (χ0v) is 17.0. The molecule has 0 aromatic heterocycles. The molecule has 1 aliphatic rings. The molecular formula is C16H33IN4O2. The maximum absolute atomic E-state index is 11.1. The number of guanidine groups is 1. The van der Waals surface area contributed by atoms with Crippen molar-refractivity contribution >= 4 is 35.8 Å². The molecular weight excluding hydrogens is 407 g/mol. The largest absolute Gasteiger partial charge is 0.380 e. The number of nitrogens with zero attached hydrogens (tertiary/aromatic N) is 2. The number of ether oxygens (including phenoxy) is 1. The summed E-state index contributed by atoms with van der Waals surface area (Å²) in [7, 11) is 1.79. The molecule has 1 aliphatic heterocycles. The number of halogens is 1. The Morgan fingerprint density at radius 2 is 2.17 bits per heavy atom. The van der Waals surface area contributed by atoms with Crippen LogP contribution in [0, 0.1) is 11.8 Å². The molecule has 3 N–H and O–H groups in total. The first kappa shape index (κ1) is 22.4. The van der Waals surface area contributed by atoms with Crippen LogP contribution in [0.2, 0.25) is 0 Å². The lowest BCUT2D eigenvalue weighted by Crippen LogP contribution is -2.47. The Kier molecular flexibility index (Phi) is 12.5. The van der Waals surface area contributed by atoms with Gasteiger partial charge in [0.1, 0.15) is 0 Å². The van der Waals surface area contributed by atoms with E-state index in [-0.39, 0.29) is 29.9 Å². The molecule has 0 saturated carbocycles. The highest BCUT2D eigenvalue weighted by Crippen LogP contribution is 2.19. The summed E-state index contributed by atoms with van der Waals surface area (Å²) in [6.07, 6.45) is 3.69. The van der Waals surface area contributed by atoms with Gasteiger partial charge in [-0.1, -0.05) is 13.8 Å². The number of primary amides is 1. The topological polar surface area (TPSA) is 80.0 Å². The first-order chi connectivity index (χ1) is 10.5. The highest BCUT2D eigenvalue weighted by Gasteiger charge is 2.23. The fourth-order valence-electron chi connectivity index (χ4n) is 2.70. The second-order valence-electron chi connectivity index (χ2n) is 6.39. The first-order valence-corrected chi connectivity index (χ1v) is 8.34. The van der Waals surface area contributed by atoms with Crippen molar-refractivity contribution in [3.05, 3.63) is 0 Å². The minimum absolute atomic E-state index is 0. The predicted molar refractivity (Wildman–Crippen MR) is 105 cm³/mol. The van der Waals surface area contributed by atoms with Crippen LogP contribution in [0.3, 0.4) is 0 Å². The van der Waals surface area contributed by atoms with Crippen molar-refractivity contribution in [2.45, 2.75) is 39.5 Å². The summed E-state index contributed by atoms with van der Waals surface area (Å²) in [5, 5.41) is 3.34. The second kappa shape index (κ2) is 12.8. The Morgan fingerprint density at radius 1 is 1.43 bits per heavy atom. The van der Waals surface area contributed by atoms with Gasteiger partial charge in [-0.2, -0.15) is 0 Å². The molecule has 1 atom stereocenters. The van der Waals surface area contributed by atoms with Crippen molar-refractivity contribution in [1.82, 2.24) is 10.2 Å². The maximum atomic E-state index is 11.1. The van der Waals surface area contributed by atoms with Gasteiger partial charge in [0.25, 0.3) is 0 Å². The lowest BCUT2D eigenvalue weighted by molar-refractivity contribution is -0.119. The van der Waals surface area contributed by atoms with Crippen LogP contribution < -0.4 is 11.1 Å². The Bertz CT molecular complexity index is 364. The van der Waals surface area contributed by atoms with Crippen molar-refractivity contribution in [1.29, 1.82) is 0 Å². The average molecular weight is 440 g/mol. The number of hydrogen-bond acceptors (Lipinski definition) is 3. The van der Waals surface area contributed by atoms with Gasteiger partial charge in [-0.05, 0) is 31.1 Å². The fraction of sp³-hybridized carbons (Fsp3) is 0.875. The molecule has 1 amide bonds. The Hall–Kier alpha value is -0.570. The first-order valence-electron chi connectivity index (χ1n) is 8.34. The van der Waals surface area contributed by atoms with Crippen LogP contribution in [0.15, 0.2) is 4.99 Å². The fourth-order valence-corrected chi connectivity index (χ4v) is 2.70. The summed E-state index contributed by atoms with van der Waals surface area (Å²) < 4.78 is 5.60. The van der Waals surface area contributed by atoms with Crippen molar-refractivity contribution in [3.8, 4) is 0 Å². The van der Waals surface area contributed by atoms with Crippen LogP contribution in [0.25, 0.3) is 0 Å². The predicted octanol–water partition coefficient (Wildman–Crippen LogP) is 1.83. The van der Waals surface area contributed by atoms with E-state index in [4.69, 9.17) is 10.5 Å². The Balaban J connectivity index is 0.00000484. The van der Waals surface area contributed by atoms with Gasteiger partial charge in [-0.15, -0.1) is 24.0 Å². The Labute approximate surface area is 157 Å². The standard InChI is InChI=1S/C16H32N4O2.HI/c1-13(2)6-9-22-10-7-19-16(18-3)20-8-4-5-14(12-20)11-15(17)21;/h13-14H,4-12H2,1-3H3,(H2,17,21)(H,18,19);1H.